The molecule has 3 rings (SSSR count). The molecule has 1 aromatic heterocycles. The van der Waals surface area contributed by atoms with Crippen LogP contribution in [0, 0.1) is 0 Å². The van der Waals surface area contributed by atoms with E-state index in [0.29, 0.717) is 11.8 Å². The highest BCUT2D eigenvalue weighted by atomic mass is 19.4. The van der Waals surface area contributed by atoms with Gasteiger partial charge in [0.05, 0.1) is 16.9 Å². The van der Waals surface area contributed by atoms with Crippen LogP contribution in [-0.2, 0) is 18.0 Å². The molecule has 2 aromatic rings. The number of halogens is 3. The van der Waals surface area contributed by atoms with Crippen LogP contribution in [0.25, 0.3) is 5.70 Å². The zero-order valence-electron chi connectivity index (χ0n) is 15.4. The first-order valence-electron chi connectivity index (χ1n) is 8.88. The maximum absolute atomic E-state index is 13.0. The number of aromatic nitrogens is 1. The zero-order valence-corrected chi connectivity index (χ0v) is 15.4. The Morgan fingerprint density at radius 3 is 2.57 bits per heavy atom. The number of hydrogen-bond acceptors (Lipinski definition) is 4. The van der Waals surface area contributed by atoms with Crippen molar-refractivity contribution in [3.05, 3.63) is 65.3 Å². The van der Waals surface area contributed by atoms with E-state index in [4.69, 9.17) is 0 Å². The van der Waals surface area contributed by atoms with Crippen molar-refractivity contribution in [2.75, 3.05) is 31.1 Å². The number of anilines is 1. The maximum atomic E-state index is 13.0. The van der Waals surface area contributed by atoms with Gasteiger partial charge in [0.15, 0.2) is 0 Å². The van der Waals surface area contributed by atoms with Crippen LogP contribution in [0.1, 0.15) is 11.1 Å². The Balaban J connectivity index is 1.97. The molecule has 2 heterocycles. The topological polar surface area (TPSA) is 49.6 Å². The van der Waals surface area contributed by atoms with Crippen molar-refractivity contribution in [2.24, 2.45) is 12.0 Å². The summed E-state index contributed by atoms with van der Waals surface area (Å²) in [5.74, 6) is 0. The Kier molecular flexibility index (Phi) is 5.99. The number of carbonyl (C=O) groups excluding carboxylic acids is 1. The quantitative estimate of drug-likeness (QED) is 0.645. The van der Waals surface area contributed by atoms with E-state index in [9.17, 15) is 18.0 Å². The number of alkyl halides is 3. The number of allylic oxidation sites excluding steroid dienone is 1. The Bertz CT molecular complexity index is 941. The van der Waals surface area contributed by atoms with E-state index in [2.05, 4.69) is 15.2 Å². The largest absolute Gasteiger partial charge is 0.416 e. The van der Waals surface area contributed by atoms with Crippen molar-refractivity contribution in [3.8, 4) is 0 Å². The number of piperazine rings is 1. The lowest BCUT2D eigenvalue weighted by Crippen LogP contribution is -2.43. The van der Waals surface area contributed by atoms with E-state index < -0.39 is 11.7 Å². The molecule has 0 aliphatic carbocycles. The molecule has 8 heteroatoms. The van der Waals surface area contributed by atoms with E-state index >= 15 is 0 Å². The lowest BCUT2D eigenvalue weighted by molar-refractivity contribution is -0.137. The predicted molar refractivity (Wildman–Crippen MR) is 102 cm³/mol. The number of aryl methyl sites for hydroxylation is 1. The van der Waals surface area contributed by atoms with E-state index in [0.717, 1.165) is 44.0 Å². The van der Waals surface area contributed by atoms with E-state index in [1.807, 2.05) is 19.3 Å². The summed E-state index contributed by atoms with van der Waals surface area (Å²) in [5, 5.41) is 3.30. The minimum absolute atomic E-state index is 0.173. The Morgan fingerprint density at radius 1 is 1.18 bits per heavy atom. The van der Waals surface area contributed by atoms with Crippen molar-refractivity contribution in [2.45, 2.75) is 6.18 Å². The molecule has 0 amide bonds. The molecule has 28 heavy (non-hydrogen) atoms. The lowest BCUT2D eigenvalue weighted by Gasteiger charge is -2.29. The van der Waals surface area contributed by atoms with Crippen molar-refractivity contribution < 1.29 is 18.0 Å². The van der Waals surface area contributed by atoms with Crippen molar-refractivity contribution in [1.29, 1.82) is 0 Å². The Hall–Kier alpha value is -2.87. The fraction of sp³-hybridized carbons (Fsp3) is 0.300. The molecule has 1 aliphatic rings. The third kappa shape index (κ3) is 4.69. The number of carbonyl (C=O) groups is 1. The first-order chi connectivity index (χ1) is 13.4. The minimum atomic E-state index is -4.46. The van der Waals surface area contributed by atoms with Gasteiger partial charge in [0, 0.05) is 51.1 Å². The van der Waals surface area contributed by atoms with Crippen LogP contribution in [0.2, 0.25) is 0 Å². The second kappa shape index (κ2) is 8.43. The minimum Gasteiger partial charge on any atom is -0.368 e. The number of pyridine rings is 1. The van der Waals surface area contributed by atoms with Gasteiger partial charge in [-0.05, 0) is 24.3 Å². The van der Waals surface area contributed by atoms with Crippen LogP contribution >= 0.6 is 0 Å². The third-order valence-electron chi connectivity index (χ3n) is 4.52. The van der Waals surface area contributed by atoms with Crippen LogP contribution in [0.4, 0.5) is 18.9 Å². The number of hydrogen-bond donors (Lipinski definition) is 1. The maximum Gasteiger partial charge on any atom is 0.416 e. The van der Waals surface area contributed by atoms with E-state index in [1.54, 1.807) is 10.6 Å². The second-order valence-corrected chi connectivity index (χ2v) is 6.47. The number of nitrogens with zero attached hydrogens (tertiary/aromatic N) is 3. The molecule has 0 saturated carbocycles. The summed E-state index contributed by atoms with van der Waals surface area (Å²) < 4.78 is 40.8. The number of aldehydes is 1. The number of benzene rings is 1. The summed E-state index contributed by atoms with van der Waals surface area (Å²) in [6.45, 7) is 3.63. The molecule has 0 atom stereocenters. The van der Waals surface area contributed by atoms with Crippen LogP contribution in [0.15, 0.2) is 53.7 Å². The van der Waals surface area contributed by atoms with Crippen molar-refractivity contribution >= 4 is 17.7 Å². The molecule has 0 radical (unpaired) electrons. The second-order valence-electron chi connectivity index (χ2n) is 6.47. The van der Waals surface area contributed by atoms with E-state index in [-0.39, 0.29) is 11.3 Å². The van der Waals surface area contributed by atoms with Crippen LogP contribution in [0.3, 0.4) is 0 Å². The third-order valence-corrected chi connectivity index (χ3v) is 4.52. The average Bonchev–Trinajstić information content (AvgIpc) is 2.69. The highest BCUT2D eigenvalue weighted by Crippen LogP contribution is 2.31. The van der Waals surface area contributed by atoms with Gasteiger partial charge in [-0.3, -0.25) is 4.79 Å². The lowest BCUT2D eigenvalue weighted by atomic mass is 10.1. The molecular formula is C20H21F3N4O. The van der Waals surface area contributed by atoms with Gasteiger partial charge in [0.25, 0.3) is 0 Å². The van der Waals surface area contributed by atoms with Gasteiger partial charge in [0.1, 0.15) is 11.8 Å². The molecule has 0 spiro atoms. The van der Waals surface area contributed by atoms with Crippen molar-refractivity contribution in [1.82, 2.24) is 9.88 Å². The number of nitrogens with one attached hydrogen (secondary N) is 1. The van der Waals surface area contributed by atoms with Gasteiger partial charge in [-0.2, -0.15) is 13.2 Å². The fourth-order valence-corrected chi connectivity index (χ4v) is 3.05. The fourth-order valence-electron chi connectivity index (χ4n) is 3.05. The van der Waals surface area contributed by atoms with Crippen LogP contribution < -0.4 is 15.7 Å². The van der Waals surface area contributed by atoms with Gasteiger partial charge in [-0.1, -0.05) is 12.1 Å². The Morgan fingerprint density at radius 2 is 1.93 bits per heavy atom. The predicted octanol–water partition coefficient (Wildman–Crippen LogP) is 2.59. The molecule has 0 bridgehead atoms. The molecule has 1 aliphatic heterocycles. The summed E-state index contributed by atoms with van der Waals surface area (Å²) in [6, 6.07) is 8.51. The van der Waals surface area contributed by atoms with Crippen LogP contribution in [0.5, 0.6) is 0 Å². The molecule has 1 fully saturated rings. The van der Waals surface area contributed by atoms with Crippen LogP contribution in [-0.4, -0.2) is 37.0 Å². The summed E-state index contributed by atoms with van der Waals surface area (Å²) in [4.78, 5) is 17.7. The highest BCUT2D eigenvalue weighted by molar-refractivity contribution is 5.81. The summed E-state index contributed by atoms with van der Waals surface area (Å²) in [7, 11) is 1.81. The van der Waals surface area contributed by atoms with Gasteiger partial charge in [0.2, 0.25) is 0 Å². The Labute approximate surface area is 160 Å². The van der Waals surface area contributed by atoms with Gasteiger partial charge >= 0.3 is 6.18 Å². The zero-order chi connectivity index (χ0) is 20.1. The molecule has 148 valence electrons. The molecule has 0 unspecified atom stereocenters. The molecular weight excluding hydrogens is 369 g/mol. The van der Waals surface area contributed by atoms with Crippen molar-refractivity contribution in [3.63, 3.8) is 0 Å². The first kappa shape index (κ1) is 19.9. The first-order valence-corrected chi connectivity index (χ1v) is 8.88. The summed E-state index contributed by atoms with van der Waals surface area (Å²) in [5.41, 5.74) is 1.20. The standard InChI is InChI=1S/C20H21F3N4O/c1-26-14-17(27-10-8-24-9-11-27)5-6-19(26)25-18(7-12-28)15-3-2-4-16(13-15)20(21,22)23/h2-7,12-14,24H,8-11H2,1H3/b18-7-,25-19-. The SMILES string of the molecule is Cn1cc(N2CCNCC2)cc/c1=N/C(=C\C=O)c1cccc(C(F)(F)F)c1. The van der Waals surface area contributed by atoms with Gasteiger partial charge in [-0.15, -0.1) is 0 Å². The summed E-state index contributed by atoms with van der Waals surface area (Å²) >= 11 is 0. The van der Waals surface area contributed by atoms with Gasteiger partial charge < -0.3 is 14.8 Å². The molecule has 1 aromatic carbocycles. The monoisotopic (exact) mass is 390 g/mol. The molecule has 1 saturated heterocycles. The highest BCUT2D eigenvalue weighted by Gasteiger charge is 2.30. The number of rotatable bonds is 4. The smallest absolute Gasteiger partial charge is 0.368 e. The van der Waals surface area contributed by atoms with Gasteiger partial charge in [-0.25, -0.2) is 4.99 Å². The molecule has 1 N–H and O–H groups in total. The molecule has 5 nitrogen and oxygen atoms in total. The average molecular weight is 390 g/mol. The summed E-state index contributed by atoms with van der Waals surface area (Å²) in [6.07, 6.45) is -0.847. The normalized spacial score (nSPS) is 16.4. The van der Waals surface area contributed by atoms with E-state index in [1.165, 1.54) is 18.2 Å².